The second kappa shape index (κ2) is 7.97. The van der Waals surface area contributed by atoms with Gasteiger partial charge in [0.1, 0.15) is 11.3 Å². The van der Waals surface area contributed by atoms with Gasteiger partial charge in [-0.3, -0.25) is 14.4 Å². The molecule has 0 aliphatic carbocycles. The maximum atomic E-state index is 13.6. The van der Waals surface area contributed by atoms with Gasteiger partial charge < -0.3 is 4.74 Å². The summed E-state index contributed by atoms with van der Waals surface area (Å²) in [6.07, 6.45) is 3.46. The van der Waals surface area contributed by atoms with E-state index in [9.17, 15) is 4.79 Å². The summed E-state index contributed by atoms with van der Waals surface area (Å²) in [4.78, 5) is 18.2. The Balaban J connectivity index is 1.95. The summed E-state index contributed by atoms with van der Waals surface area (Å²) in [5, 5.41) is 2.40. The zero-order chi connectivity index (χ0) is 20.7. The molecule has 0 radical (unpaired) electrons. The number of aliphatic imine (C=N–C) groups is 1. The highest BCUT2D eigenvalue weighted by Crippen LogP contribution is 2.39. The van der Waals surface area contributed by atoms with E-state index in [1.807, 2.05) is 12.1 Å². The number of fused-ring (bicyclic) bond motifs is 1. The maximum absolute atomic E-state index is 13.6. The number of carbonyl (C=O) groups excluding carboxylic acids is 1. The van der Waals surface area contributed by atoms with Crippen molar-refractivity contribution in [3.05, 3.63) is 75.3 Å². The quantitative estimate of drug-likeness (QED) is 0.541. The molecule has 2 aliphatic rings. The predicted molar refractivity (Wildman–Crippen MR) is 115 cm³/mol. The van der Waals surface area contributed by atoms with E-state index in [0.29, 0.717) is 45.0 Å². The van der Waals surface area contributed by atoms with Crippen LogP contribution in [-0.2, 0) is 11.3 Å². The first-order valence-electron chi connectivity index (χ1n) is 8.78. The van der Waals surface area contributed by atoms with E-state index in [0.717, 1.165) is 5.69 Å². The van der Waals surface area contributed by atoms with Crippen molar-refractivity contribution in [1.29, 1.82) is 0 Å². The number of nitrogens with one attached hydrogen (secondary N) is 1. The molecule has 3 heterocycles. The van der Waals surface area contributed by atoms with Gasteiger partial charge >= 0.3 is 0 Å². The van der Waals surface area contributed by atoms with E-state index in [1.54, 1.807) is 54.1 Å². The number of hydrogen-bond acceptors (Lipinski definition) is 5. The summed E-state index contributed by atoms with van der Waals surface area (Å²) < 4.78 is 6.75. The van der Waals surface area contributed by atoms with Gasteiger partial charge in [0.05, 0.1) is 39.3 Å². The summed E-state index contributed by atoms with van der Waals surface area (Å²) in [7, 11) is 1.58. The fraction of sp³-hybridized carbons (Fsp3) is 0.200. The van der Waals surface area contributed by atoms with Crippen molar-refractivity contribution in [2.75, 3.05) is 7.11 Å². The van der Waals surface area contributed by atoms with Gasteiger partial charge in [-0.2, -0.15) is 0 Å². The first-order chi connectivity index (χ1) is 13.9. The number of benzene rings is 1. The molecule has 2 aromatic rings. The second-order valence-corrected chi connectivity index (χ2v) is 7.78. The van der Waals surface area contributed by atoms with Crippen LogP contribution in [0.25, 0.3) is 5.70 Å². The average Bonchev–Trinajstić information content (AvgIpc) is 3.28. The lowest BCUT2D eigenvalue weighted by Gasteiger charge is -2.31. The topological polar surface area (TPSA) is 58.9 Å². The minimum atomic E-state index is -0.473. The Morgan fingerprint density at radius 1 is 1.28 bits per heavy atom. The van der Waals surface area contributed by atoms with Crippen LogP contribution in [0.1, 0.15) is 23.0 Å². The Bertz CT molecular complexity index is 1090. The summed E-state index contributed by atoms with van der Waals surface area (Å²) in [6.45, 7) is 2.08. The molecule has 1 atom stereocenters. The molecule has 1 N–H and O–H groups in total. The molecule has 6 nitrogen and oxygen atoms in total. The Morgan fingerprint density at radius 3 is 2.83 bits per heavy atom. The molecule has 0 fully saturated rings. The van der Waals surface area contributed by atoms with Crippen LogP contribution in [0.15, 0.2) is 59.0 Å². The molecule has 0 unspecified atom stereocenters. The molecule has 1 aromatic heterocycles. The molecular weight excluding hydrogens is 435 g/mol. The molecule has 0 saturated heterocycles. The summed E-state index contributed by atoms with van der Waals surface area (Å²) in [5.74, 6) is 0.336. The largest absolute Gasteiger partial charge is 0.378 e. The van der Waals surface area contributed by atoms with Gasteiger partial charge in [-0.1, -0.05) is 46.9 Å². The molecule has 150 valence electrons. The van der Waals surface area contributed by atoms with Crippen molar-refractivity contribution >= 4 is 52.1 Å². The second-order valence-electron chi connectivity index (χ2n) is 6.52. The highest BCUT2D eigenvalue weighted by Gasteiger charge is 2.36. The van der Waals surface area contributed by atoms with Crippen LogP contribution >= 0.6 is 34.8 Å². The first-order valence-corrected chi connectivity index (χ1v) is 9.98. The van der Waals surface area contributed by atoms with Crippen LogP contribution in [0.2, 0.25) is 10.0 Å². The van der Waals surface area contributed by atoms with Crippen LogP contribution in [-0.4, -0.2) is 33.8 Å². The van der Waals surface area contributed by atoms with Crippen LogP contribution in [0.5, 0.6) is 0 Å². The Kier molecular flexibility index (Phi) is 5.55. The number of alkyl halides is 1. The number of allylic oxidation sites excluding steroid dienone is 1. The van der Waals surface area contributed by atoms with Crippen molar-refractivity contribution < 1.29 is 9.53 Å². The third-order valence-corrected chi connectivity index (χ3v) is 5.69. The zero-order valence-electron chi connectivity index (χ0n) is 15.6. The fourth-order valence-electron chi connectivity index (χ4n) is 3.41. The van der Waals surface area contributed by atoms with Gasteiger partial charge in [0.2, 0.25) is 0 Å². The molecule has 0 amide bonds. The van der Waals surface area contributed by atoms with E-state index in [2.05, 4.69) is 10.4 Å². The lowest BCUT2D eigenvalue weighted by molar-refractivity contribution is 0.0945. The lowest BCUT2D eigenvalue weighted by atomic mass is 9.99. The number of aromatic nitrogens is 1. The Labute approximate surface area is 183 Å². The van der Waals surface area contributed by atoms with Crippen molar-refractivity contribution in [3.63, 3.8) is 0 Å². The minimum Gasteiger partial charge on any atom is -0.378 e. The smallest absolute Gasteiger partial charge is 0.266 e. The third kappa shape index (κ3) is 3.52. The first kappa shape index (κ1) is 20.2. The van der Waals surface area contributed by atoms with Crippen LogP contribution in [0.3, 0.4) is 0 Å². The molecule has 2 aliphatic heterocycles. The van der Waals surface area contributed by atoms with E-state index in [4.69, 9.17) is 39.5 Å². The fourth-order valence-corrected chi connectivity index (χ4v) is 4.01. The van der Waals surface area contributed by atoms with Gasteiger partial charge in [0.15, 0.2) is 0 Å². The van der Waals surface area contributed by atoms with Gasteiger partial charge in [0, 0.05) is 18.9 Å². The van der Waals surface area contributed by atoms with Crippen molar-refractivity contribution in [3.8, 4) is 0 Å². The van der Waals surface area contributed by atoms with Gasteiger partial charge in [-0.05, 0) is 31.2 Å². The molecule has 4 rings (SSSR count). The summed E-state index contributed by atoms with van der Waals surface area (Å²) in [6, 6.07) is 8.91. The standard InChI is InChI=1S/C20H17Cl3N4O2/c1-11-17(20(28)26-8-4-5-12(26)10-29-2)19(13-6-3-7-14(21)18(13)23)27-16(24-11)9-15(22)25-27/h3-9,15,25H,10H2,1-2H3/t15-/m1/s1. The average molecular weight is 452 g/mol. The molecule has 0 spiro atoms. The number of rotatable bonds is 4. The lowest BCUT2D eigenvalue weighted by Crippen LogP contribution is -2.38. The van der Waals surface area contributed by atoms with E-state index >= 15 is 0 Å². The number of carbonyl (C=O) groups is 1. The number of halogens is 3. The molecule has 1 aromatic carbocycles. The monoisotopic (exact) mass is 450 g/mol. The SMILES string of the molecule is COCc1cccn1C(=O)C1=C(c2cccc(Cl)c2Cl)N2N[C@@H](Cl)C=C2N=C1C. The van der Waals surface area contributed by atoms with E-state index in [1.165, 1.54) is 0 Å². The van der Waals surface area contributed by atoms with Gasteiger partial charge in [-0.15, -0.1) is 0 Å². The number of hydrogen-bond donors (Lipinski definition) is 1. The maximum Gasteiger partial charge on any atom is 0.266 e. The minimum absolute atomic E-state index is 0.256. The van der Waals surface area contributed by atoms with Crippen LogP contribution < -0.4 is 5.43 Å². The van der Waals surface area contributed by atoms with Crippen LogP contribution in [0, 0.1) is 0 Å². The predicted octanol–water partition coefficient (Wildman–Crippen LogP) is 4.69. The van der Waals surface area contributed by atoms with Crippen molar-refractivity contribution in [2.45, 2.75) is 19.0 Å². The van der Waals surface area contributed by atoms with Crippen molar-refractivity contribution in [1.82, 2.24) is 15.0 Å². The zero-order valence-corrected chi connectivity index (χ0v) is 17.9. The molecule has 9 heteroatoms. The summed E-state index contributed by atoms with van der Waals surface area (Å²) in [5.41, 5.74) is 5.42. The van der Waals surface area contributed by atoms with E-state index < -0.39 is 5.50 Å². The molecular formula is C20H17Cl3N4O2. The number of methoxy groups -OCH3 is 1. The van der Waals surface area contributed by atoms with Crippen molar-refractivity contribution in [2.24, 2.45) is 4.99 Å². The van der Waals surface area contributed by atoms with E-state index in [-0.39, 0.29) is 5.91 Å². The number of hydrazine groups is 1. The number of nitrogens with zero attached hydrogens (tertiary/aromatic N) is 3. The normalized spacial score (nSPS) is 18.7. The summed E-state index contributed by atoms with van der Waals surface area (Å²) >= 11 is 19.1. The van der Waals surface area contributed by atoms with Gasteiger partial charge in [0.25, 0.3) is 5.91 Å². The molecule has 0 bridgehead atoms. The van der Waals surface area contributed by atoms with Gasteiger partial charge in [-0.25, -0.2) is 10.4 Å². The molecule has 29 heavy (non-hydrogen) atoms. The third-order valence-electron chi connectivity index (χ3n) is 4.65. The Hall–Kier alpha value is -2.09. The number of ether oxygens (including phenoxy) is 1. The highest BCUT2D eigenvalue weighted by atomic mass is 35.5. The van der Waals surface area contributed by atoms with Crippen LogP contribution in [0.4, 0.5) is 0 Å². The Morgan fingerprint density at radius 2 is 2.07 bits per heavy atom. The molecule has 0 saturated carbocycles. The highest BCUT2D eigenvalue weighted by molar-refractivity contribution is 6.43.